The Morgan fingerprint density at radius 2 is 2.00 bits per heavy atom. The molecule has 5 aliphatic carbocycles. The third-order valence-electron chi connectivity index (χ3n) is 11.9. The van der Waals surface area contributed by atoms with E-state index in [9.17, 15) is 10.2 Å². The molecule has 0 aromatic heterocycles. The van der Waals surface area contributed by atoms with Gasteiger partial charge in [-0.3, -0.25) is 4.90 Å². The van der Waals surface area contributed by atoms with Crippen molar-refractivity contribution in [1.29, 1.82) is 0 Å². The molecule has 2 unspecified atom stereocenters. The van der Waals surface area contributed by atoms with Crippen molar-refractivity contribution in [3.63, 3.8) is 0 Å². The molecule has 4 saturated carbocycles. The Balaban J connectivity index is 1.35. The van der Waals surface area contributed by atoms with E-state index in [-0.39, 0.29) is 28.6 Å². The number of piperidine rings is 1. The molecule has 2 spiro atoms. The fourth-order valence-corrected chi connectivity index (χ4v) is 10.2. The maximum Gasteiger partial charge on any atom is 0.165 e. The fourth-order valence-electron chi connectivity index (χ4n) is 10.2. The lowest BCUT2D eigenvalue weighted by atomic mass is 9.33. The number of phenolic OH excluding ortho intramolecular Hbond substituents is 1. The first-order valence-corrected chi connectivity index (χ1v) is 14.4. The highest BCUT2D eigenvalue weighted by molar-refractivity contribution is 5.63. The second kappa shape index (κ2) is 7.11. The Morgan fingerprint density at radius 3 is 2.76 bits per heavy atom. The van der Waals surface area contributed by atoms with Gasteiger partial charge in [0.05, 0.1) is 5.60 Å². The number of aryl methyl sites for hydroxylation is 1. The summed E-state index contributed by atoms with van der Waals surface area (Å²) in [6, 6.07) is 12.8. The Hall–Kier alpha value is -2.08. The summed E-state index contributed by atoms with van der Waals surface area (Å²) < 4.78 is 13.6. The molecule has 4 bridgehead atoms. The van der Waals surface area contributed by atoms with Crippen LogP contribution in [0.3, 0.4) is 0 Å². The second-order valence-electron chi connectivity index (χ2n) is 13.4. The Morgan fingerprint density at radius 1 is 1.16 bits per heavy atom. The number of phenols is 1. The van der Waals surface area contributed by atoms with Crippen molar-refractivity contribution in [3.8, 4) is 11.5 Å². The van der Waals surface area contributed by atoms with E-state index in [1.807, 2.05) is 20.1 Å². The van der Waals surface area contributed by atoms with Gasteiger partial charge in [0.25, 0.3) is 0 Å². The van der Waals surface area contributed by atoms with Gasteiger partial charge in [0.2, 0.25) is 0 Å². The summed E-state index contributed by atoms with van der Waals surface area (Å²) in [4.78, 5) is 2.82. The number of benzene rings is 2. The predicted molar refractivity (Wildman–Crippen MR) is 141 cm³/mol. The van der Waals surface area contributed by atoms with Crippen LogP contribution >= 0.6 is 0 Å². The number of hydrogen-bond donors (Lipinski definition) is 2. The molecule has 2 aromatic carbocycles. The lowest BCUT2D eigenvalue weighted by molar-refractivity contribution is -0.304. The number of ether oxygens (including phenoxy) is 2. The highest BCUT2D eigenvalue weighted by atomic mass is 16.6. The van der Waals surface area contributed by atoms with E-state index in [2.05, 4.69) is 42.2 Å². The minimum absolute atomic E-state index is 0.00435. The number of nitrogens with zero attached hydrogens (tertiary/aromatic N) is 1. The fraction of sp³-hybridized carbons (Fsp3) is 0.625. The molecule has 196 valence electrons. The van der Waals surface area contributed by atoms with E-state index in [0.29, 0.717) is 11.8 Å². The average molecular weight is 502 g/mol. The van der Waals surface area contributed by atoms with Gasteiger partial charge in [-0.15, -0.1) is 0 Å². The van der Waals surface area contributed by atoms with Crippen LogP contribution in [0.2, 0.25) is 0 Å². The summed E-state index contributed by atoms with van der Waals surface area (Å²) in [7, 11) is 1.82. The zero-order valence-corrected chi connectivity index (χ0v) is 22.3. The van der Waals surface area contributed by atoms with Crippen LogP contribution in [-0.2, 0) is 22.2 Å². The standard InChI is InChI=1S/C32H39NO4/c1-19-5-4-6-22(15-19)29(2,35)24-17-30-11-12-32(24,36-3)28-31(30)13-14-33(18-20-7-8-20)25(30)16-21-9-10-23(34)27(37-28)26(21)31/h4-6,9-10,15,20,24-25,28,34-35H,7-8,11-14,16-18H2,1-3H3/t24-,25?,28+,29-,30?,31+,32-/m1/s1. The van der Waals surface area contributed by atoms with Gasteiger partial charge in [-0.1, -0.05) is 35.9 Å². The molecule has 37 heavy (non-hydrogen) atoms. The molecule has 2 aliphatic heterocycles. The zero-order valence-electron chi connectivity index (χ0n) is 22.3. The third-order valence-corrected chi connectivity index (χ3v) is 11.9. The first-order chi connectivity index (χ1) is 17.8. The molecular formula is C32H39NO4. The molecule has 0 amide bonds. The summed E-state index contributed by atoms with van der Waals surface area (Å²) in [5.41, 5.74) is 2.88. The highest BCUT2D eigenvalue weighted by Crippen LogP contribution is 2.78. The van der Waals surface area contributed by atoms with E-state index in [1.165, 1.54) is 30.5 Å². The van der Waals surface area contributed by atoms with Crippen LogP contribution in [0, 0.1) is 24.2 Å². The van der Waals surface area contributed by atoms with Crippen LogP contribution in [0.4, 0.5) is 0 Å². The molecular weight excluding hydrogens is 462 g/mol. The second-order valence-corrected chi connectivity index (χ2v) is 13.4. The molecule has 2 heterocycles. The summed E-state index contributed by atoms with van der Waals surface area (Å²) in [6.45, 7) is 6.37. The topological polar surface area (TPSA) is 62.2 Å². The quantitative estimate of drug-likeness (QED) is 0.614. The Labute approximate surface area is 219 Å². The van der Waals surface area contributed by atoms with E-state index in [1.54, 1.807) is 0 Å². The molecule has 9 rings (SSSR count). The lowest BCUT2D eigenvalue weighted by Crippen LogP contribution is -2.82. The molecule has 5 fully saturated rings. The number of hydrogen-bond acceptors (Lipinski definition) is 5. The maximum absolute atomic E-state index is 12.5. The number of methoxy groups -OCH3 is 1. The van der Waals surface area contributed by atoms with Gasteiger partial charge in [-0.05, 0) is 88.4 Å². The van der Waals surface area contributed by atoms with E-state index in [0.717, 1.165) is 55.7 Å². The van der Waals surface area contributed by atoms with Crippen LogP contribution in [-0.4, -0.2) is 53.1 Å². The average Bonchev–Trinajstić information content (AvgIpc) is 3.63. The number of fused-ring (bicyclic) bond motifs is 2. The van der Waals surface area contributed by atoms with E-state index >= 15 is 0 Å². The van der Waals surface area contributed by atoms with Crippen molar-refractivity contribution in [3.05, 3.63) is 58.7 Å². The summed E-state index contributed by atoms with van der Waals surface area (Å²) >= 11 is 0. The van der Waals surface area contributed by atoms with Crippen LogP contribution < -0.4 is 4.74 Å². The van der Waals surface area contributed by atoms with Crippen LogP contribution in [0.5, 0.6) is 11.5 Å². The molecule has 5 heteroatoms. The SMILES string of the molecule is CO[C@]12CCC3(C[C@@H]1[C@](C)(O)c1cccc(C)c1)C1Cc4ccc(O)c5c4[C@@]3(CCN1CC1CC1)[C@@H]2O5. The van der Waals surface area contributed by atoms with Crippen molar-refractivity contribution in [2.45, 2.75) is 87.6 Å². The van der Waals surface area contributed by atoms with Crippen LogP contribution in [0.15, 0.2) is 36.4 Å². The van der Waals surface area contributed by atoms with Crippen molar-refractivity contribution in [2.24, 2.45) is 17.3 Å². The highest BCUT2D eigenvalue weighted by Gasteiger charge is 2.82. The van der Waals surface area contributed by atoms with Gasteiger partial charge < -0.3 is 19.7 Å². The minimum Gasteiger partial charge on any atom is -0.504 e. The number of aliphatic hydroxyl groups is 1. The maximum atomic E-state index is 12.5. The molecule has 7 aliphatic rings. The van der Waals surface area contributed by atoms with Gasteiger partial charge in [0.15, 0.2) is 11.5 Å². The van der Waals surface area contributed by atoms with Crippen molar-refractivity contribution < 1.29 is 19.7 Å². The molecule has 5 nitrogen and oxygen atoms in total. The predicted octanol–water partition coefficient (Wildman–Crippen LogP) is 4.83. The molecule has 7 atom stereocenters. The van der Waals surface area contributed by atoms with E-state index in [4.69, 9.17) is 9.47 Å². The number of likely N-dealkylation sites (tertiary alicyclic amines) is 1. The largest absolute Gasteiger partial charge is 0.504 e. The summed E-state index contributed by atoms with van der Waals surface area (Å²) in [6.07, 6.45) is 7.44. The monoisotopic (exact) mass is 501 g/mol. The van der Waals surface area contributed by atoms with Gasteiger partial charge in [0.1, 0.15) is 11.7 Å². The molecule has 0 radical (unpaired) electrons. The van der Waals surface area contributed by atoms with Gasteiger partial charge in [-0.25, -0.2) is 0 Å². The van der Waals surface area contributed by atoms with Crippen molar-refractivity contribution in [2.75, 3.05) is 20.2 Å². The number of aromatic hydroxyl groups is 1. The van der Waals surface area contributed by atoms with E-state index < -0.39 is 11.2 Å². The number of rotatable bonds is 5. The molecule has 2 aromatic rings. The van der Waals surface area contributed by atoms with Crippen molar-refractivity contribution in [1.82, 2.24) is 4.90 Å². The lowest BCUT2D eigenvalue weighted by Gasteiger charge is -2.75. The third kappa shape index (κ3) is 2.57. The summed E-state index contributed by atoms with van der Waals surface area (Å²) in [5, 5.41) is 23.5. The Bertz CT molecular complexity index is 1300. The first-order valence-electron chi connectivity index (χ1n) is 14.4. The Kier molecular flexibility index (Phi) is 4.39. The molecule has 2 N–H and O–H groups in total. The minimum atomic E-state index is -1.06. The van der Waals surface area contributed by atoms with Crippen molar-refractivity contribution >= 4 is 0 Å². The van der Waals surface area contributed by atoms with Gasteiger partial charge in [0, 0.05) is 42.0 Å². The smallest absolute Gasteiger partial charge is 0.165 e. The normalized spacial score (nSPS) is 40.7. The first kappa shape index (κ1) is 22.9. The zero-order chi connectivity index (χ0) is 25.4. The van der Waals surface area contributed by atoms with Gasteiger partial charge >= 0.3 is 0 Å². The summed E-state index contributed by atoms with van der Waals surface area (Å²) in [5.74, 6) is 1.68. The van der Waals surface area contributed by atoms with Gasteiger partial charge in [-0.2, -0.15) is 0 Å². The molecule has 1 saturated heterocycles. The van der Waals surface area contributed by atoms with Crippen LogP contribution in [0.1, 0.15) is 67.7 Å². The van der Waals surface area contributed by atoms with Crippen LogP contribution in [0.25, 0.3) is 0 Å².